The minimum atomic E-state index is -0.766. The maximum absolute atomic E-state index is 13.9. The Morgan fingerprint density at radius 1 is 1.17 bits per heavy atom. The van der Waals surface area contributed by atoms with E-state index in [1.54, 1.807) is 24.3 Å². The lowest BCUT2D eigenvalue weighted by Crippen LogP contribution is -2.63. The molecule has 0 aromatic heterocycles. The molecule has 250 valence electrons. The third kappa shape index (κ3) is 5.30. The zero-order chi connectivity index (χ0) is 33.0. The molecule has 3 amide bonds. The maximum Gasteiger partial charge on any atom is 0.417 e. The molecule has 3 aliphatic carbocycles. The Bertz CT molecular complexity index is 1420. The van der Waals surface area contributed by atoms with E-state index < -0.39 is 35.0 Å². The van der Waals surface area contributed by atoms with E-state index in [1.807, 2.05) is 6.92 Å². The van der Waals surface area contributed by atoms with E-state index in [0.29, 0.717) is 55.8 Å². The molecule has 0 radical (unpaired) electrons. The van der Waals surface area contributed by atoms with Gasteiger partial charge in [0.1, 0.15) is 11.9 Å². The highest BCUT2D eigenvalue weighted by molar-refractivity contribution is 6.07. The number of fused-ring (bicyclic) bond motifs is 1. The van der Waals surface area contributed by atoms with Crippen LogP contribution in [-0.2, 0) is 25.6 Å². The molecule has 1 saturated heterocycles. The van der Waals surface area contributed by atoms with E-state index in [9.17, 15) is 24.3 Å². The lowest BCUT2D eigenvalue weighted by atomic mass is 9.44. The third-order valence-electron chi connectivity index (χ3n) is 12.7. The number of morpholine rings is 1. The Kier molecular flexibility index (Phi) is 8.70. The van der Waals surface area contributed by atoms with E-state index in [2.05, 4.69) is 37.6 Å². The van der Waals surface area contributed by atoms with Crippen LogP contribution < -0.4 is 5.32 Å². The fraction of sp³-hybridized carbons (Fsp3) is 0.667. The third-order valence-corrected chi connectivity index (χ3v) is 12.7. The van der Waals surface area contributed by atoms with E-state index in [1.165, 1.54) is 0 Å². The van der Waals surface area contributed by atoms with Gasteiger partial charge in [-0.2, -0.15) is 0 Å². The Balaban J connectivity index is 1.21. The number of ketones is 1. The zero-order valence-electron chi connectivity index (χ0n) is 27.7. The van der Waals surface area contributed by atoms with Crippen LogP contribution in [0.1, 0.15) is 82.1 Å². The lowest BCUT2D eigenvalue weighted by Gasteiger charge is -2.61. The van der Waals surface area contributed by atoms with Crippen molar-refractivity contribution in [2.24, 2.45) is 34.0 Å². The zero-order valence-corrected chi connectivity index (χ0v) is 27.7. The number of aliphatic hydroxyl groups excluding tert-OH is 1. The van der Waals surface area contributed by atoms with Crippen LogP contribution >= 0.6 is 0 Å². The quantitative estimate of drug-likeness (QED) is 0.427. The number of carbonyl (C=O) groups is 4. The van der Waals surface area contributed by atoms with Gasteiger partial charge in [0.15, 0.2) is 0 Å². The first kappa shape index (κ1) is 32.8. The van der Waals surface area contributed by atoms with Crippen molar-refractivity contribution in [1.82, 2.24) is 9.80 Å². The molecular weight excluding hydrogens is 586 g/mol. The van der Waals surface area contributed by atoms with Gasteiger partial charge < -0.3 is 19.9 Å². The molecule has 4 fully saturated rings. The summed E-state index contributed by atoms with van der Waals surface area (Å²) in [6, 6.07) is 5.13. The van der Waals surface area contributed by atoms with Crippen LogP contribution in [0, 0.1) is 34.0 Å². The molecule has 2 aliphatic heterocycles. The molecule has 0 spiro atoms. The Morgan fingerprint density at radius 3 is 2.63 bits per heavy atom. The molecule has 0 unspecified atom stereocenters. The first-order valence-electron chi connectivity index (χ1n) is 16.9. The molecule has 6 rings (SSSR count). The second kappa shape index (κ2) is 12.2. The van der Waals surface area contributed by atoms with Gasteiger partial charge >= 0.3 is 6.09 Å². The average Bonchev–Trinajstić information content (AvgIpc) is 3.58. The van der Waals surface area contributed by atoms with Gasteiger partial charge in [0, 0.05) is 60.5 Å². The fourth-order valence-electron chi connectivity index (χ4n) is 9.52. The van der Waals surface area contributed by atoms with E-state index in [4.69, 9.17) is 9.47 Å². The Hall–Kier alpha value is -3.08. The van der Waals surface area contributed by atoms with Crippen molar-refractivity contribution in [1.29, 1.82) is 0 Å². The molecule has 3 saturated carbocycles. The average molecular weight is 636 g/mol. The summed E-state index contributed by atoms with van der Waals surface area (Å²) in [6.45, 7) is 15.9. The largest absolute Gasteiger partial charge is 0.445 e. The summed E-state index contributed by atoms with van der Waals surface area (Å²) in [5.41, 5.74) is -0.293. The van der Waals surface area contributed by atoms with Gasteiger partial charge in [-0.1, -0.05) is 39.8 Å². The van der Waals surface area contributed by atoms with Crippen molar-refractivity contribution < 1.29 is 33.8 Å². The van der Waals surface area contributed by atoms with Crippen molar-refractivity contribution in [3.05, 3.63) is 42.0 Å². The van der Waals surface area contributed by atoms with Crippen LogP contribution in [0.15, 0.2) is 30.9 Å². The van der Waals surface area contributed by atoms with Crippen LogP contribution in [-0.4, -0.2) is 83.7 Å². The van der Waals surface area contributed by atoms with Crippen molar-refractivity contribution in [2.75, 3.05) is 38.2 Å². The van der Waals surface area contributed by atoms with Gasteiger partial charge in [0.05, 0.1) is 25.9 Å². The second-order valence-corrected chi connectivity index (χ2v) is 15.0. The van der Waals surface area contributed by atoms with Crippen LogP contribution in [0.25, 0.3) is 0 Å². The molecule has 1 aromatic rings. The number of ether oxygens (including phenoxy) is 2. The van der Waals surface area contributed by atoms with Crippen LogP contribution in [0.4, 0.5) is 10.5 Å². The number of anilines is 1. The van der Waals surface area contributed by atoms with Gasteiger partial charge in [0.2, 0.25) is 5.91 Å². The van der Waals surface area contributed by atoms with Gasteiger partial charge in [-0.05, 0) is 60.6 Å². The standard InChI is InChI=1S/C36H49N3O7/c1-6-34(4)20-28(35(5)22(2)9-12-36(23(3)31(34)42)13-10-27(40)30(35)36)46-33(44)39-21-24-7-8-25(19-26(24)32(39)43)37-29(41)11-14-38-15-17-45-18-16-38/h6-8,19,22-23,28,30-31,42H,1,9-18,20-21H2,2-5H3,(H,37,41)/t22-,23+,28-,30+,31+,34-,35+,36+/m1/s1. The highest BCUT2D eigenvalue weighted by atomic mass is 16.6. The van der Waals surface area contributed by atoms with Gasteiger partial charge in [0.25, 0.3) is 5.91 Å². The van der Waals surface area contributed by atoms with Crippen LogP contribution in [0.3, 0.4) is 0 Å². The number of rotatable bonds is 6. The summed E-state index contributed by atoms with van der Waals surface area (Å²) >= 11 is 0. The SMILES string of the molecule is C=C[C@]1(C)C[C@@H](OC(=O)N2Cc3ccc(NC(=O)CCN4CCOCC4)cc3C2=O)[C@]2(C)[C@H](C)CC[C@]3(CCC(=O)[C@H]32)[C@@H](C)[C@@H]1O. The molecule has 2 bridgehead atoms. The molecule has 2 N–H and O–H groups in total. The molecule has 10 heteroatoms. The predicted octanol–water partition coefficient (Wildman–Crippen LogP) is 4.80. The number of hydrogen-bond donors (Lipinski definition) is 2. The minimum Gasteiger partial charge on any atom is -0.445 e. The number of imide groups is 1. The highest BCUT2D eigenvalue weighted by Crippen LogP contribution is 2.68. The molecular formula is C36H49N3O7. The van der Waals surface area contributed by atoms with E-state index in [-0.39, 0.29) is 41.4 Å². The minimum absolute atomic E-state index is 0.0575. The number of aliphatic hydroxyl groups is 1. The first-order chi connectivity index (χ1) is 21.8. The van der Waals surface area contributed by atoms with E-state index in [0.717, 1.165) is 37.3 Å². The number of Topliss-reactive ketones (excluding diaryl/α,β-unsaturated/α-hetero) is 1. The normalized spacial score (nSPS) is 37.6. The monoisotopic (exact) mass is 635 g/mol. The summed E-state index contributed by atoms with van der Waals surface area (Å²) in [5, 5.41) is 14.7. The van der Waals surface area contributed by atoms with Crippen molar-refractivity contribution in [3.63, 3.8) is 0 Å². The van der Waals surface area contributed by atoms with Crippen LogP contribution in [0.2, 0.25) is 0 Å². The lowest BCUT2D eigenvalue weighted by molar-refractivity contribution is -0.192. The number of benzene rings is 1. The summed E-state index contributed by atoms with van der Waals surface area (Å²) in [6.07, 6.45) is 3.03. The molecule has 1 aromatic carbocycles. The molecule has 2 heterocycles. The van der Waals surface area contributed by atoms with Crippen molar-refractivity contribution in [2.45, 2.75) is 85.0 Å². The smallest absolute Gasteiger partial charge is 0.417 e. The Labute approximate surface area is 271 Å². The van der Waals surface area contributed by atoms with E-state index >= 15 is 0 Å². The summed E-state index contributed by atoms with van der Waals surface area (Å²) in [7, 11) is 0. The van der Waals surface area contributed by atoms with Gasteiger partial charge in [-0.25, -0.2) is 9.69 Å². The molecule has 8 atom stereocenters. The summed E-state index contributed by atoms with van der Waals surface area (Å²) in [4.78, 5) is 57.2. The second-order valence-electron chi connectivity index (χ2n) is 15.0. The highest BCUT2D eigenvalue weighted by Gasteiger charge is 2.68. The van der Waals surface area contributed by atoms with Crippen LogP contribution in [0.5, 0.6) is 0 Å². The van der Waals surface area contributed by atoms with Gasteiger partial charge in [-0.3, -0.25) is 19.3 Å². The van der Waals surface area contributed by atoms with Crippen molar-refractivity contribution in [3.8, 4) is 0 Å². The predicted molar refractivity (Wildman–Crippen MR) is 172 cm³/mol. The number of nitrogens with zero attached hydrogens (tertiary/aromatic N) is 2. The number of carbonyl (C=O) groups excluding carboxylic acids is 4. The number of amides is 3. The Morgan fingerprint density at radius 2 is 1.91 bits per heavy atom. The van der Waals surface area contributed by atoms with Crippen molar-refractivity contribution >= 4 is 29.4 Å². The van der Waals surface area contributed by atoms with Gasteiger partial charge in [-0.15, -0.1) is 6.58 Å². The topological polar surface area (TPSA) is 125 Å². The molecule has 46 heavy (non-hydrogen) atoms. The molecule has 10 nitrogen and oxygen atoms in total. The fourth-order valence-corrected chi connectivity index (χ4v) is 9.52. The summed E-state index contributed by atoms with van der Waals surface area (Å²) < 4.78 is 11.7. The first-order valence-corrected chi connectivity index (χ1v) is 16.9. The maximum atomic E-state index is 13.9. The number of hydrogen-bond acceptors (Lipinski definition) is 8. The number of nitrogens with one attached hydrogen (secondary N) is 1. The summed E-state index contributed by atoms with van der Waals surface area (Å²) in [5.74, 6) is -0.834. The molecule has 5 aliphatic rings.